The fraction of sp³-hybridized carbons (Fsp3) is 0.533. The van der Waals surface area contributed by atoms with Crippen LogP contribution in [0.15, 0.2) is 30.3 Å². The Hall–Kier alpha value is -1.36. The fourth-order valence-electron chi connectivity index (χ4n) is 1.79. The summed E-state index contributed by atoms with van der Waals surface area (Å²) in [7, 11) is -2.09. The number of sulfone groups is 1. The van der Waals surface area contributed by atoms with Crippen LogP contribution in [0.5, 0.6) is 0 Å². The highest BCUT2D eigenvalue weighted by Crippen LogP contribution is 2.21. The maximum atomic E-state index is 12.3. The van der Waals surface area contributed by atoms with Gasteiger partial charge in [0.05, 0.1) is 23.5 Å². The van der Waals surface area contributed by atoms with E-state index in [4.69, 9.17) is 4.74 Å². The maximum Gasteiger partial charge on any atom is 0.310 e. The summed E-state index contributed by atoms with van der Waals surface area (Å²) in [4.78, 5) is 11.8. The highest BCUT2D eigenvalue weighted by Gasteiger charge is 2.34. The zero-order chi connectivity index (χ0) is 15.4. The average molecular weight is 298 g/mol. The van der Waals surface area contributed by atoms with Crippen LogP contribution in [0.1, 0.15) is 26.3 Å². The summed E-state index contributed by atoms with van der Waals surface area (Å²) in [5.41, 5.74) is 0.923. The van der Waals surface area contributed by atoms with Crippen LogP contribution in [-0.4, -0.2) is 32.0 Å². The summed E-state index contributed by atoms with van der Waals surface area (Å²) in [6, 6.07) is 9.35. The van der Waals surface area contributed by atoms with Gasteiger partial charge in [0.25, 0.3) is 0 Å². The molecule has 0 radical (unpaired) electrons. The summed E-state index contributed by atoms with van der Waals surface area (Å²) < 4.78 is 28.4. The molecule has 0 aliphatic carbocycles. The van der Waals surface area contributed by atoms with E-state index in [9.17, 15) is 13.2 Å². The number of carbonyl (C=O) groups excluding carboxylic acids is 1. The second kappa shape index (κ2) is 6.39. The molecule has 112 valence electrons. The van der Waals surface area contributed by atoms with E-state index < -0.39 is 26.5 Å². The third-order valence-corrected chi connectivity index (χ3v) is 5.92. The Bertz CT molecular complexity index is 541. The van der Waals surface area contributed by atoms with Crippen LogP contribution in [0.2, 0.25) is 0 Å². The second-order valence-corrected chi connectivity index (χ2v) is 8.59. The van der Waals surface area contributed by atoms with Gasteiger partial charge in [-0.2, -0.15) is 0 Å². The Kier molecular flexibility index (Phi) is 5.34. The van der Waals surface area contributed by atoms with E-state index in [-0.39, 0.29) is 5.75 Å². The molecular formula is C15H22O4S. The lowest BCUT2D eigenvalue weighted by Crippen LogP contribution is -2.36. The van der Waals surface area contributed by atoms with Gasteiger partial charge < -0.3 is 4.74 Å². The van der Waals surface area contributed by atoms with E-state index in [1.165, 1.54) is 7.11 Å². The zero-order valence-corrected chi connectivity index (χ0v) is 13.2. The number of benzene rings is 1. The minimum atomic E-state index is -3.37. The highest BCUT2D eigenvalue weighted by atomic mass is 32.2. The molecule has 0 aliphatic rings. The molecule has 0 spiro atoms. The van der Waals surface area contributed by atoms with Gasteiger partial charge in [-0.25, -0.2) is 8.42 Å². The van der Waals surface area contributed by atoms with Crippen molar-refractivity contribution in [3.63, 3.8) is 0 Å². The van der Waals surface area contributed by atoms with Crippen LogP contribution >= 0.6 is 0 Å². The lowest BCUT2D eigenvalue weighted by molar-refractivity contribution is -0.144. The second-order valence-electron chi connectivity index (χ2n) is 5.80. The molecule has 1 atom stereocenters. The van der Waals surface area contributed by atoms with Gasteiger partial charge in [0.15, 0.2) is 9.84 Å². The van der Waals surface area contributed by atoms with E-state index in [1.807, 2.05) is 30.3 Å². The lowest BCUT2D eigenvalue weighted by atomic mass is 10.0. The van der Waals surface area contributed by atoms with Crippen molar-refractivity contribution >= 4 is 15.8 Å². The monoisotopic (exact) mass is 298 g/mol. The van der Waals surface area contributed by atoms with Crippen LogP contribution in [0.25, 0.3) is 0 Å². The minimum absolute atomic E-state index is 0.196. The van der Waals surface area contributed by atoms with Gasteiger partial charge >= 0.3 is 5.97 Å². The minimum Gasteiger partial charge on any atom is -0.469 e. The molecule has 0 aromatic heterocycles. The molecular weight excluding hydrogens is 276 g/mol. The molecule has 0 fully saturated rings. The lowest BCUT2D eigenvalue weighted by Gasteiger charge is -2.22. The normalized spacial score (nSPS) is 13.8. The van der Waals surface area contributed by atoms with E-state index in [1.54, 1.807) is 20.8 Å². The molecule has 0 N–H and O–H groups in total. The van der Waals surface area contributed by atoms with E-state index in [2.05, 4.69) is 0 Å². The van der Waals surface area contributed by atoms with Crippen molar-refractivity contribution in [2.75, 3.05) is 12.9 Å². The molecule has 20 heavy (non-hydrogen) atoms. The van der Waals surface area contributed by atoms with Crippen molar-refractivity contribution in [1.82, 2.24) is 0 Å². The van der Waals surface area contributed by atoms with Crippen LogP contribution < -0.4 is 0 Å². The molecule has 4 nitrogen and oxygen atoms in total. The van der Waals surface area contributed by atoms with Gasteiger partial charge in [-0.05, 0) is 32.8 Å². The smallest absolute Gasteiger partial charge is 0.310 e. The zero-order valence-electron chi connectivity index (χ0n) is 12.4. The highest BCUT2D eigenvalue weighted by molar-refractivity contribution is 7.92. The summed E-state index contributed by atoms with van der Waals surface area (Å²) >= 11 is 0. The van der Waals surface area contributed by atoms with Crippen molar-refractivity contribution in [2.24, 2.45) is 5.92 Å². The third-order valence-electron chi connectivity index (χ3n) is 3.21. The van der Waals surface area contributed by atoms with E-state index >= 15 is 0 Å². The Balaban J connectivity index is 2.95. The first-order chi connectivity index (χ1) is 9.17. The van der Waals surface area contributed by atoms with Gasteiger partial charge in [-0.3, -0.25) is 4.79 Å². The molecule has 0 amide bonds. The number of hydrogen-bond acceptors (Lipinski definition) is 4. The first-order valence-corrected chi connectivity index (χ1v) is 8.16. The number of methoxy groups -OCH3 is 1. The number of rotatable bonds is 5. The molecule has 0 bridgehead atoms. The molecule has 0 saturated carbocycles. The Morgan fingerprint density at radius 1 is 1.20 bits per heavy atom. The van der Waals surface area contributed by atoms with Gasteiger partial charge in [0, 0.05) is 0 Å². The molecule has 0 saturated heterocycles. The molecule has 1 aromatic carbocycles. The van der Waals surface area contributed by atoms with Crippen molar-refractivity contribution in [1.29, 1.82) is 0 Å². The Labute approximate surface area is 121 Å². The van der Waals surface area contributed by atoms with Crippen LogP contribution in [0, 0.1) is 5.92 Å². The summed E-state index contributed by atoms with van der Waals surface area (Å²) in [5, 5.41) is 0. The molecule has 5 heteroatoms. The van der Waals surface area contributed by atoms with E-state index in [0.29, 0.717) is 6.42 Å². The van der Waals surface area contributed by atoms with Gasteiger partial charge in [-0.1, -0.05) is 30.3 Å². The number of hydrogen-bond donors (Lipinski definition) is 0. The van der Waals surface area contributed by atoms with Crippen molar-refractivity contribution < 1.29 is 17.9 Å². The topological polar surface area (TPSA) is 60.4 Å². The van der Waals surface area contributed by atoms with Crippen LogP contribution in [0.3, 0.4) is 0 Å². The number of esters is 1. The van der Waals surface area contributed by atoms with Gasteiger partial charge in [-0.15, -0.1) is 0 Å². The Morgan fingerprint density at radius 3 is 2.20 bits per heavy atom. The quantitative estimate of drug-likeness (QED) is 0.782. The van der Waals surface area contributed by atoms with Crippen LogP contribution in [0.4, 0.5) is 0 Å². The summed E-state index contributed by atoms with van der Waals surface area (Å²) in [5.74, 6) is -1.36. The molecule has 1 aromatic rings. The predicted octanol–water partition coefficient (Wildman–Crippen LogP) is 2.23. The fourth-order valence-corrected chi connectivity index (χ4v) is 3.07. The summed E-state index contributed by atoms with van der Waals surface area (Å²) in [6.07, 6.45) is 0.364. The maximum absolute atomic E-state index is 12.3. The van der Waals surface area contributed by atoms with Crippen molar-refractivity contribution in [2.45, 2.75) is 31.9 Å². The van der Waals surface area contributed by atoms with Crippen molar-refractivity contribution in [3.8, 4) is 0 Å². The average Bonchev–Trinajstić information content (AvgIpc) is 2.36. The largest absolute Gasteiger partial charge is 0.469 e. The third kappa shape index (κ3) is 4.34. The standard InChI is InChI=1S/C15H22O4S/c1-15(2,3)20(17,18)11-13(14(16)19-4)10-12-8-6-5-7-9-12/h5-9,13H,10-11H2,1-4H3. The predicted molar refractivity (Wildman–Crippen MR) is 79.2 cm³/mol. The SMILES string of the molecule is COC(=O)C(Cc1ccccc1)CS(=O)(=O)C(C)(C)C. The molecule has 0 heterocycles. The molecule has 1 rings (SSSR count). The van der Waals surface area contributed by atoms with Crippen molar-refractivity contribution in [3.05, 3.63) is 35.9 Å². The van der Waals surface area contributed by atoms with Crippen LogP contribution in [-0.2, 0) is 25.8 Å². The Morgan fingerprint density at radius 2 is 1.75 bits per heavy atom. The van der Waals surface area contributed by atoms with Gasteiger partial charge in [0.1, 0.15) is 0 Å². The molecule has 0 aliphatic heterocycles. The van der Waals surface area contributed by atoms with E-state index in [0.717, 1.165) is 5.56 Å². The number of carbonyl (C=O) groups is 1. The number of ether oxygens (including phenoxy) is 1. The first-order valence-electron chi connectivity index (χ1n) is 6.51. The molecule has 1 unspecified atom stereocenters. The van der Waals surface area contributed by atoms with Gasteiger partial charge in [0.2, 0.25) is 0 Å². The summed E-state index contributed by atoms with van der Waals surface area (Å²) in [6.45, 7) is 4.91. The first kappa shape index (κ1) is 16.7.